The molecule has 33 heavy (non-hydrogen) atoms. The van der Waals surface area contributed by atoms with Gasteiger partial charge in [0.1, 0.15) is 27.8 Å². The van der Waals surface area contributed by atoms with E-state index in [0.717, 1.165) is 16.7 Å². The number of halogens is 1. The minimum atomic E-state index is -0.763. The number of aromatic nitrogens is 4. The van der Waals surface area contributed by atoms with Gasteiger partial charge < -0.3 is 18.9 Å². The third-order valence-corrected chi connectivity index (χ3v) is 6.09. The van der Waals surface area contributed by atoms with E-state index in [2.05, 4.69) is 31.3 Å². The number of carbonyl (C=O) groups is 1. The van der Waals surface area contributed by atoms with Crippen molar-refractivity contribution < 1.29 is 23.7 Å². The van der Waals surface area contributed by atoms with Crippen molar-refractivity contribution in [3.63, 3.8) is 0 Å². The first kappa shape index (κ1) is 22.9. The van der Waals surface area contributed by atoms with Gasteiger partial charge in [-0.3, -0.25) is 4.79 Å². The third-order valence-electron chi connectivity index (χ3n) is 5.31. The Kier molecular flexibility index (Phi) is 6.75. The third kappa shape index (κ3) is 4.62. The summed E-state index contributed by atoms with van der Waals surface area (Å²) in [6, 6.07) is 11.0. The molecule has 0 saturated heterocycles. The topological polar surface area (TPSA) is 97.6 Å². The molecule has 0 spiro atoms. The maximum atomic E-state index is 13.2. The zero-order valence-electron chi connectivity index (χ0n) is 18.6. The molecule has 1 aliphatic heterocycles. The van der Waals surface area contributed by atoms with E-state index >= 15 is 0 Å². The van der Waals surface area contributed by atoms with Crippen molar-refractivity contribution in [2.45, 2.75) is 18.6 Å². The lowest BCUT2D eigenvalue weighted by Crippen LogP contribution is -2.27. The van der Waals surface area contributed by atoms with Crippen molar-refractivity contribution in [2.24, 2.45) is 7.05 Å². The molecule has 0 radical (unpaired) electrons. The predicted octanol–water partition coefficient (Wildman–Crippen LogP) is 3.74. The Balaban J connectivity index is 1.49. The number of tetrazole rings is 1. The number of rotatable bonds is 8. The van der Waals surface area contributed by atoms with Gasteiger partial charge in [0.15, 0.2) is 6.10 Å². The quantitative estimate of drug-likeness (QED) is 0.448. The Morgan fingerprint density at radius 2 is 1.79 bits per heavy atom. The Morgan fingerprint density at radius 3 is 2.33 bits per heavy atom. The molecule has 0 bridgehead atoms. The molecule has 2 atom stereocenters. The average Bonchev–Trinajstić information content (AvgIpc) is 3.50. The van der Waals surface area contributed by atoms with E-state index in [4.69, 9.17) is 18.9 Å². The number of Topliss-reactive ketones (excluding diaryl/α,β-unsaturated/α-hetero) is 1. The van der Waals surface area contributed by atoms with Crippen LogP contribution in [0.4, 0.5) is 0 Å². The summed E-state index contributed by atoms with van der Waals surface area (Å²) in [4.78, 5) is 14.6. The monoisotopic (exact) mass is 514 g/mol. The van der Waals surface area contributed by atoms with Gasteiger partial charge >= 0.3 is 0 Å². The number of ether oxygens (including phenoxy) is 4. The van der Waals surface area contributed by atoms with Crippen LogP contribution in [-0.4, -0.2) is 53.4 Å². The predicted molar refractivity (Wildman–Crippen MR) is 124 cm³/mol. The lowest BCUT2D eigenvalue weighted by molar-refractivity contribution is -0.136. The minimum absolute atomic E-state index is 0.162. The lowest BCUT2D eigenvalue weighted by Gasteiger charge is -2.20. The molecule has 4 rings (SSSR count). The van der Waals surface area contributed by atoms with E-state index in [1.165, 1.54) is 11.9 Å². The maximum absolute atomic E-state index is 13.2. The van der Waals surface area contributed by atoms with Crippen molar-refractivity contribution >= 4 is 27.5 Å². The molecular formula is C23H23BrN4O5. The maximum Gasteiger partial charge on any atom is 0.206 e. The second-order valence-corrected chi connectivity index (χ2v) is 8.14. The van der Waals surface area contributed by atoms with Gasteiger partial charge in [0.05, 0.1) is 21.3 Å². The second-order valence-electron chi connectivity index (χ2n) is 7.35. The Morgan fingerprint density at radius 1 is 1.12 bits per heavy atom. The molecule has 172 valence electrons. The van der Waals surface area contributed by atoms with E-state index in [1.807, 2.05) is 42.5 Å². The molecule has 0 aliphatic carbocycles. The van der Waals surface area contributed by atoms with Crippen LogP contribution in [0.2, 0.25) is 0 Å². The van der Waals surface area contributed by atoms with Gasteiger partial charge in [-0.2, -0.15) is 4.80 Å². The number of benzene rings is 2. The highest BCUT2D eigenvalue weighted by Gasteiger charge is 2.33. The summed E-state index contributed by atoms with van der Waals surface area (Å²) in [5, 5.41) is 12.0. The number of ketones is 1. The summed E-state index contributed by atoms with van der Waals surface area (Å²) in [5.74, 6) is 2.16. The molecule has 9 nitrogen and oxygen atoms in total. The Bertz CT molecular complexity index is 1170. The van der Waals surface area contributed by atoms with Crippen LogP contribution >= 0.6 is 15.9 Å². The first-order chi connectivity index (χ1) is 15.9. The summed E-state index contributed by atoms with van der Waals surface area (Å²) in [6.07, 6.45) is 0.906. The molecule has 3 aromatic rings. The molecule has 2 unspecified atom stereocenters. The summed E-state index contributed by atoms with van der Waals surface area (Å²) < 4.78 is 23.1. The van der Waals surface area contributed by atoms with E-state index in [9.17, 15) is 4.79 Å². The van der Waals surface area contributed by atoms with E-state index < -0.39 is 12.2 Å². The number of methoxy groups -OCH3 is 3. The van der Waals surface area contributed by atoms with Crippen molar-refractivity contribution in [3.8, 4) is 22.9 Å². The highest BCUT2D eigenvalue weighted by molar-refractivity contribution is 9.10. The van der Waals surface area contributed by atoms with Crippen LogP contribution in [0.25, 0.3) is 17.1 Å². The highest BCUT2D eigenvalue weighted by atomic mass is 79.9. The van der Waals surface area contributed by atoms with Gasteiger partial charge in [-0.1, -0.05) is 24.3 Å². The zero-order chi connectivity index (χ0) is 23.5. The average molecular weight is 515 g/mol. The van der Waals surface area contributed by atoms with E-state index in [1.54, 1.807) is 21.3 Å². The summed E-state index contributed by atoms with van der Waals surface area (Å²) in [6.45, 7) is 0. The number of nitrogens with zero attached hydrogens (tertiary/aromatic N) is 4. The molecule has 2 aromatic carbocycles. The molecule has 1 aromatic heterocycles. The van der Waals surface area contributed by atoms with Crippen LogP contribution in [0.15, 0.2) is 46.9 Å². The van der Waals surface area contributed by atoms with Gasteiger partial charge in [-0.05, 0) is 44.9 Å². The van der Waals surface area contributed by atoms with Crippen LogP contribution in [0.1, 0.15) is 23.7 Å². The zero-order valence-corrected chi connectivity index (χ0v) is 20.2. The fourth-order valence-electron chi connectivity index (χ4n) is 3.63. The van der Waals surface area contributed by atoms with Gasteiger partial charge in [0.2, 0.25) is 11.6 Å². The molecule has 1 aliphatic rings. The fraction of sp³-hybridized carbons (Fsp3) is 0.304. The largest absolute Gasteiger partial charge is 0.495 e. The number of aryl methyl sites for hydroxylation is 1. The van der Waals surface area contributed by atoms with Crippen molar-refractivity contribution in [1.82, 2.24) is 20.2 Å². The van der Waals surface area contributed by atoms with Crippen molar-refractivity contribution in [2.75, 3.05) is 21.3 Å². The first-order valence-electron chi connectivity index (χ1n) is 10.1. The fourth-order valence-corrected chi connectivity index (χ4v) is 4.18. The summed E-state index contributed by atoms with van der Waals surface area (Å²) >= 11 is 3.46. The molecular weight excluding hydrogens is 492 g/mol. The molecule has 0 N–H and O–H groups in total. The Hall–Kier alpha value is -3.24. The molecule has 0 saturated carbocycles. The highest BCUT2D eigenvalue weighted by Crippen LogP contribution is 2.40. The normalized spacial score (nSPS) is 16.2. The number of carbonyl (C=O) groups excluding carboxylic acids is 1. The first-order valence-corrected chi connectivity index (χ1v) is 10.9. The molecule has 10 heteroatoms. The number of hydrogen-bond acceptors (Lipinski definition) is 8. The molecule has 0 amide bonds. The van der Waals surface area contributed by atoms with Crippen LogP contribution in [0, 0.1) is 0 Å². The Labute approximate surface area is 199 Å². The van der Waals surface area contributed by atoms with Gasteiger partial charge in [-0.25, -0.2) is 0 Å². The van der Waals surface area contributed by atoms with E-state index in [0.29, 0.717) is 34.0 Å². The standard InChI is InChI=1S/C23H23BrN4O5/c1-28-26-23(25-27-28)14-7-5-13(6-8-14)22(32-4)21(29)17-10-9-16(33-17)15-11-18(30-2)20(24)19(12-15)31-3/h5-9,11-12,17,22H,10H2,1-4H3. The molecule has 0 fully saturated rings. The van der Waals surface area contributed by atoms with Crippen LogP contribution in [-0.2, 0) is 21.3 Å². The summed E-state index contributed by atoms with van der Waals surface area (Å²) in [7, 11) is 6.37. The van der Waals surface area contributed by atoms with Crippen molar-refractivity contribution in [3.05, 3.63) is 58.1 Å². The number of hydrogen-bond donors (Lipinski definition) is 0. The van der Waals surface area contributed by atoms with Gasteiger partial charge in [0.25, 0.3) is 0 Å². The lowest BCUT2D eigenvalue weighted by atomic mass is 9.99. The molecule has 2 heterocycles. The SMILES string of the molecule is COc1cc(C2=CCC(C(=O)C(OC)c3ccc(-c4nnn(C)n4)cc3)O2)cc(OC)c1Br. The van der Waals surface area contributed by atoms with Crippen LogP contribution in [0.5, 0.6) is 11.5 Å². The van der Waals surface area contributed by atoms with Gasteiger partial charge in [0, 0.05) is 24.7 Å². The van der Waals surface area contributed by atoms with E-state index in [-0.39, 0.29) is 5.78 Å². The van der Waals surface area contributed by atoms with Crippen LogP contribution < -0.4 is 9.47 Å². The smallest absolute Gasteiger partial charge is 0.206 e. The second kappa shape index (κ2) is 9.72. The van der Waals surface area contributed by atoms with Crippen LogP contribution in [0.3, 0.4) is 0 Å². The summed E-state index contributed by atoms with van der Waals surface area (Å²) in [5.41, 5.74) is 2.28. The van der Waals surface area contributed by atoms with Crippen molar-refractivity contribution in [1.29, 1.82) is 0 Å². The minimum Gasteiger partial charge on any atom is -0.495 e. The van der Waals surface area contributed by atoms with Gasteiger partial charge in [-0.15, -0.1) is 10.2 Å².